The first-order chi connectivity index (χ1) is 15.7. The summed E-state index contributed by atoms with van der Waals surface area (Å²) in [4.78, 5) is 28.0. The van der Waals surface area contributed by atoms with Gasteiger partial charge >= 0.3 is 0 Å². The van der Waals surface area contributed by atoms with Gasteiger partial charge in [0.1, 0.15) is 11.0 Å². The van der Waals surface area contributed by atoms with Crippen LogP contribution in [0.5, 0.6) is 0 Å². The monoisotopic (exact) mass is 514 g/mol. The van der Waals surface area contributed by atoms with E-state index in [0.717, 1.165) is 31.1 Å². The third-order valence-electron chi connectivity index (χ3n) is 8.29. The van der Waals surface area contributed by atoms with Crippen LogP contribution >= 0.6 is 15.9 Å². The topological polar surface area (TPSA) is 67.2 Å². The van der Waals surface area contributed by atoms with Gasteiger partial charge in [-0.05, 0) is 90.1 Å². The number of hydrogen-bond acceptors (Lipinski definition) is 5. The van der Waals surface area contributed by atoms with Crippen molar-refractivity contribution in [3.05, 3.63) is 50.9 Å². The van der Waals surface area contributed by atoms with Gasteiger partial charge in [-0.2, -0.15) is 5.10 Å². The van der Waals surface area contributed by atoms with E-state index in [1.165, 1.54) is 11.1 Å². The Bertz CT molecular complexity index is 1070. The number of benzene rings is 1. The highest BCUT2D eigenvalue weighted by Crippen LogP contribution is 2.61. The van der Waals surface area contributed by atoms with Crippen LogP contribution in [0.2, 0.25) is 0 Å². The number of hydrogen-bond donors (Lipinski definition) is 1. The number of Topliss-reactive ketones (excluding diaryl/α,β-unsaturated/α-hetero) is 1. The van der Waals surface area contributed by atoms with Gasteiger partial charge in [0, 0.05) is 30.4 Å². The van der Waals surface area contributed by atoms with Crippen LogP contribution in [-0.4, -0.2) is 34.7 Å². The van der Waals surface area contributed by atoms with Gasteiger partial charge in [0.05, 0.1) is 11.9 Å². The van der Waals surface area contributed by atoms with Crippen LogP contribution < -0.4 is 15.8 Å². The zero-order chi connectivity index (χ0) is 23.9. The molecule has 33 heavy (non-hydrogen) atoms. The molecule has 3 aliphatic carbocycles. The fourth-order valence-electron chi connectivity index (χ4n) is 5.89. The first-order valence-electron chi connectivity index (χ1n) is 12.1. The molecule has 2 aromatic rings. The zero-order valence-corrected chi connectivity index (χ0v) is 21.9. The molecule has 2 bridgehead atoms. The second kappa shape index (κ2) is 9.24. The van der Waals surface area contributed by atoms with Crippen LogP contribution in [0.4, 0.5) is 11.4 Å². The summed E-state index contributed by atoms with van der Waals surface area (Å²) in [5.74, 6) is 1.85. The van der Waals surface area contributed by atoms with Crippen molar-refractivity contribution in [2.24, 2.45) is 23.2 Å². The Balaban J connectivity index is 1.44. The van der Waals surface area contributed by atoms with Gasteiger partial charge in [0.25, 0.3) is 5.56 Å². The summed E-state index contributed by atoms with van der Waals surface area (Å²) in [6.45, 7) is 13.0. The quantitative estimate of drug-likeness (QED) is 0.489. The van der Waals surface area contributed by atoms with Crippen molar-refractivity contribution >= 4 is 33.1 Å². The van der Waals surface area contributed by atoms with Crippen LogP contribution in [0.25, 0.3) is 0 Å². The summed E-state index contributed by atoms with van der Waals surface area (Å²) in [6, 6.07) is 7.89. The molecule has 3 fully saturated rings. The molecule has 0 saturated heterocycles. The fraction of sp³-hybridized carbons (Fsp3) is 0.577. The maximum Gasteiger partial charge on any atom is 0.283 e. The largest absolute Gasteiger partial charge is 0.380 e. The number of carbonyl (C=O) groups excluding carboxylic acids is 1. The maximum atomic E-state index is 12.9. The Hall–Kier alpha value is -2.15. The Morgan fingerprint density at radius 1 is 1.21 bits per heavy atom. The Morgan fingerprint density at radius 3 is 2.45 bits per heavy atom. The molecular formula is C26H35BrN4O2. The Kier molecular flexibility index (Phi) is 6.72. The van der Waals surface area contributed by atoms with Gasteiger partial charge in [-0.15, -0.1) is 0 Å². The minimum atomic E-state index is -0.290. The molecule has 3 aliphatic rings. The molecule has 6 nitrogen and oxygen atoms in total. The lowest BCUT2D eigenvalue weighted by atomic mass is 9.45. The summed E-state index contributed by atoms with van der Waals surface area (Å²) in [5, 5.41) is 7.87. The second-order valence-electron chi connectivity index (χ2n) is 10.2. The standard InChI is InChI=1S/C26H35BrN4O2/c1-6-30(7-2)19-10-8-17(9-11-19)23(32)15-31-25(33)24(27)22(14-28-31)29-21-13-18-12-20(16(21)3)26(18,4)5/h8-11,14,16,18,20-21,29H,6-7,12-13,15H2,1-5H3/t16-,18+,20+,21+/m0/s1. The lowest BCUT2D eigenvalue weighted by Crippen LogP contribution is -2.58. The van der Waals surface area contributed by atoms with Crippen molar-refractivity contribution in [1.82, 2.24) is 9.78 Å². The summed E-state index contributed by atoms with van der Waals surface area (Å²) < 4.78 is 1.67. The predicted molar refractivity (Wildman–Crippen MR) is 137 cm³/mol. The van der Waals surface area contributed by atoms with E-state index in [0.29, 0.717) is 39.0 Å². The van der Waals surface area contributed by atoms with Crippen molar-refractivity contribution in [2.45, 2.75) is 60.0 Å². The van der Waals surface area contributed by atoms with Gasteiger partial charge in [0.2, 0.25) is 0 Å². The van der Waals surface area contributed by atoms with E-state index in [-0.39, 0.29) is 17.9 Å². The number of carbonyl (C=O) groups is 1. The Morgan fingerprint density at radius 2 is 1.88 bits per heavy atom. The molecule has 1 aromatic heterocycles. The third kappa shape index (κ3) is 4.36. The van der Waals surface area contributed by atoms with E-state index in [1.807, 2.05) is 24.3 Å². The van der Waals surface area contributed by atoms with E-state index in [4.69, 9.17) is 0 Å². The Labute approximate surface area is 204 Å². The third-order valence-corrected chi connectivity index (χ3v) is 9.06. The average molecular weight is 515 g/mol. The molecular weight excluding hydrogens is 480 g/mol. The van der Waals surface area contributed by atoms with Gasteiger partial charge in [-0.3, -0.25) is 9.59 Å². The molecule has 3 saturated carbocycles. The lowest BCUT2D eigenvalue weighted by molar-refractivity contribution is -0.105. The molecule has 1 aromatic carbocycles. The van der Waals surface area contributed by atoms with E-state index in [2.05, 4.69) is 65.9 Å². The van der Waals surface area contributed by atoms with Crippen molar-refractivity contribution in [3.8, 4) is 0 Å². The molecule has 4 atom stereocenters. The molecule has 0 aliphatic heterocycles. The van der Waals surface area contributed by atoms with E-state index in [1.54, 1.807) is 6.20 Å². The summed E-state index contributed by atoms with van der Waals surface area (Å²) in [5.41, 5.74) is 2.50. The highest BCUT2D eigenvalue weighted by Gasteiger charge is 2.56. The number of ketones is 1. The number of fused-ring (bicyclic) bond motifs is 2. The van der Waals surface area contributed by atoms with Crippen LogP contribution in [0.15, 0.2) is 39.7 Å². The molecule has 1 heterocycles. The minimum Gasteiger partial charge on any atom is -0.380 e. The molecule has 0 radical (unpaired) electrons. The number of rotatable bonds is 8. The van der Waals surface area contributed by atoms with Gasteiger partial charge in [-0.1, -0.05) is 20.8 Å². The SMILES string of the molecule is CCN(CC)c1ccc(C(=O)Cn2ncc(N[C@@H]3C[C@H]4C[C@H]([C@@H]3C)C4(C)C)c(Br)c2=O)cc1. The molecule has 0 amide bonds. The summed E-state index contributed by atoms with van der Waals surface area (Å²) >= 11 is 3.46. The van der Waals surface area contributed by atoms with Crippen LogP contribution in [0, 0.1) is 23.2 Å². The first kappa shape index (κ1) is 24.0. The van der Waals surface area contributed by atoms with Crippen LogP contribution in [0.3, 0.4) is 0 Å². The molecule has 5 rings (SSSR count). The summed E-state index contributed by atoms with van der Waals surface area (Å²) in [7, 11) is 0. The number of halogens is 1. The number of nitrogens with one attached hydrogen (secondary N) is 1. The number of nitrogens with zero attached hydrogens (tertiary/aromatic N) is 3. The van der Waals surface area contributed by atoms with Crippen molar-refractivity contribution < 1.29 is 4.79 Å². The van der Waals surface area contributed by atoms with Gasteiger partial charge in [0.15, 0.2) is 5.78 Å². The van der Waals surface area contributed by atoms with E-state index < -0.39 is 0 Å². The van der Waals surface area contributed by atoms with Crippen molar-refractivity contribution in [1.29, 1.82) is 0 Å². The first-order valence-corrected chi connectivity index (χ1v) is 12.9. The minimum absolute atomic E-state index is 0.0828. The average Bonchev–Trinajstić information content (AvgIpc) is 2.80. The lowest BCUT2D eigenvalue weighted by Gasteiger charge is -2.62. The zero-order valence-electron chi connectivity index (χ0n) is 20.3. The smallest absolute Gasteiger partial charge is 0.283 e. The maximum absolute atomic E-state index is 12.9. The normalized spacial score (nSPS) is 25.3. The number of aromatic nitrogens is 2. The molecule has 0 unspecified atom stereocenters. The molecule has 0 spiro atoms. The second-order valence-corrected chi connectivity index (χ2v) is 11.0. The van der Waals surface area contributed by atoms with Crippen molar-refractivity contribution in [2.75, 3.05) is 23.3 Å². The summed E-state index contributed by atoms with van der Waals surface area (Å²) in [6.07, 6.45) is 4.09. The van der Waals surface area contributed by atoms with Gasteiger partial charge < -0.3 is 10.2 Å². The predicted octanol–water partition coefficient (Wildman–Crippen LogP) is 5.22. The van der Waals surface area contributed by atoms with Crippen LogP contribution in [-0.2, 0) is 6.54 Å². The highest BCUT2D eigenvalue weighted by atomic mass is 79.9. The number of anilines is 2. The van der Waals surface area contributed by atoms with Crippen molar-refractivity contribution in [3.63, 3.8) is 0 Å². The van der Waals surface area contributed by atoms with E-state index >= 15 is 0 Å². The molecule has 1 N–H and O–H groups in total. The highest BCUT2D eigenvalue weighted by molar-refractivity contribution is 9.10. The van der Waals surface area contributed by atoms with Gasteiger partial charge in [-0.25, -0.2) is 4.68 Å². The van der Waals surface area contributed by atoms with E-state index in [9.17, 15) is 9.59 Å². The fourth-order valence-corrected chi connectivity index (χ4v) is 6.31. The van der Waals surface area contributed by atoms with Crippen LogP contribution in [0.1, 0.15) is 57.8 Å². The molecule has 7 heteroatoms. The molecule has 178 valence electrons.